The number of halogens is 1. The first-order chi connectivity index (χ1) is 7.66. The van der Waals surface area contributed by atoms with Crippen LogP contribution < -0.4 is 0 Å². The van der Waals surface area contributed by atoms with Crippen LogP contribution in [0.5, 0.6) is 0 Å². The second-order valence-corrected chi connectivity index (χ2v) is 3.61. The summed E-state index contributed by atoms with van der Waals surface area (Å²) in [5.74, 6) is -0.764. The molecule has 0 saturated heterocycles. The summed E-state index contributed by atoms with van der Waals surface area (Å²) in [4.78, 5) is 14.4. The van der Waals surface area contributed by atoms with Crippen LogP contribution in [0.2, 0.25) is 5.02 Å². The molecule has 0 fully saturated rings. The Labute approximate surface area is 96.5 Å². The number of rotatable bonds is 3. The predicted molar refractivity (Wildman–Crippen MR) is 57.7 cm³/mol. The van der Waals surface area contributed by atoms with E-state index < -0.39 is 5.97 Å². The molecule has 0 atom stereocenters. The number of aromatic nitrogens is 1. The van der Waals surface area contributed by atoms with Gasteiger partial charge in [-0.05, 0) is 11.6 Å². The summed E-state index contributed by atoms with van der Waals surface area (Å²) < 4.78 is 5.03. The topological polar surface area (TPSA) is 63.3 Å². The first-order valence-electron chi connectivity index (χ1n) is 4.58. The van der Waals surface area contributed by atoms with Crippen LogP contribution in [-0.4, -0.2) is 16.1 Å². The fraction of sp³-hybridized carbons (Fsp3) is 0.0909. The molecule has 1 aromatic carbocycles. The molecule has 16 heavy (non-hydrogen) atoms. The molecule has 1 N–H and O–H groups in total. The Bertz CT molecular complexity index is 521. The summed E-state index contributed by atoms with van der Waals surface area (Å²) in [6, 6.07) is 7.28. The minimum atomic E-state index is -1.10. The number of oxazole rings is 1. The molecule has 0 spiro atoms. The molecule has 5 heteroatoms. The van der Waals surface area contributed by atoms with Gasteiger partial charge in [-0.1, -0.05) is 29.8 Å². The molecule has 2 aromatic rings. The van der Waals surface area contributed by atoms with E-state index in [1.165, 1.54) is 0 Å². The number of aromatic carboxylic acids is 1. The molecule has 0 aliphatic carbocycles. The maximum atomic E-state index is 10.6. The number of carboxylic acid groups (broad SMARTS) is 1. The van der Waals surface area contributed by atoms with Crippen LogP contribution >= 0.6 is 11.6 Å². The maximum absolute atomic E-state index is 10.6. The molecule has 0 aliphatic heterocycles. The smallest absolute Gasteiger partial charge is 0.357 e. The van der Waals surface area contributed by atoms with E-state index in [0.29, 0.717) is 17.3 Å². The van der Waals surface area contributed by atoms with Crippen LogP contribution in [0.3, 0.4) is 0 Å². The molecule has 0 radical (unpaired) electrons. The van der Waals surface area contributed by atoms with Gasteiger partial charge in [-0.25, -0.2) is 9.78 Å². The van der Waals surface area contributed by atoms with Gasteiger partial charge in [0, 0.05) is 5.02 Å². The predicted octanol–water partition coefficient (Wildman–Crippen LogP) is 2.62. The molecule has 0 amide bonds. The minimum Gasteiger partial charge on any atom is -0.476 e. The molecule has 0 aliphatic rings. The van der Waals surface area contributed by atoms with Gasteiger partial charge in [0.15, 0.2) is 11.6 Å². The second-order valence-electron chi connectivity index (χ2n) is 3.20. The molecule has 2 rings (SSSR count). The normalized spacial score (nSPS) is 10.3. The van der Waals surface area contributed by atoms with Gasteiger partial charge in [-0.15, -0.1) is 0 Å². The van der Waals surface area contributed by atoms with Crippen molar-refractivity contribution in [2.45, 2.75) is 6.42 Å². The monoisotopic (exact) mass is 237 g/mol. The lowest BCUT2D eigenvalue weighted by molar-refractivity contribution is 0.0690. The van der Waals surface area contributed by atoms with E-state index in [4.69, 9.17) is 21.1 Å². The number of carbonyl (C=O) groups is 1. The molecule has 0 bridgehead atoms. The van der Waals surface area contributed by atoms with E-state index in [1.54, 1.807) is 6.07 Å². The highest BCUT2D eigenvalue weighted by atomic mass is 35.5. The molecule has 82 valence electrons. The van der Waals surface area contributed by atoms with Gasteiger partial charge < -0.3 is 9.52 Å². The van der Waals surface area contributed by atoms with Crippen molar-refractivity contribution < 1.29 is 14.3 Å². The van der Waals surface area contributed by atoms with Crippen molar-refractivity contribution in [1.29, 1.82) is 0 Å². The molecule has 0 saturated carbocycles. The first kappa shape index (κ1) is 10.7. The Morgan fingerprint density at radius 2 is 2.19 bits per heavy atom. The van der Waals surface area contributed by atoms with E-state index in [9.17, 15) is 4.79 Å². The molecule has 1 heterocycles. The van der Waals surface area contributed by atoms with Crippen molar-refractivity contribution in [2.24, 2.45) is 0 Å². The Balaban J connectivity index is 2.21. The zero-order valence-corrected chi connectivity index (χ0v) is 8.94. The van der Waals surface area contributed by atoms with Crippen LogP contribution in [0.1, 0.15) is 21.9 Å². The van der Waals surface area contributed by atoms with Crippen molar-refractivity contribution in [2.75, 3.05) is 0 Å². The van der Waals surface area contributed by atoms with Crippen molar-refractivity contribution in [3.63, 3.8) is 0 Å². The standard InChI is InChI=1S/C11H8ClNO3/c12-8-4-2-1-3-7(8)5-10-13-9(6-16-10)11(14)15/h1-4,6H,5H2,(H,14,15). The van der Waals surface area contributed by atoms with Crippen molar-refractivity contribution in [3.05, 3.63) is 52.7 Å². The highest BCUT2D eigenvalue weighted by Gasteiger charge is 2.11. The Morgan fingerprint density at radius 1 is 1.44 bits per heavy atom. The molecule has 1 aromatic heterocycles. The third kappa shape index (κ3) is 2.23. The van der Waals surface area contributed by atoms with Gasteiger partial charge >= 0.3 is 5.97 Å². The van der Waals surface area contributed by atoms with E-state index in [2.05, 4.69) is 4.98 Å². The lowest BCUT2D eigenvalue weighted by Gasteiger charge is -1.99. The van der Waals surface area contributed by atoms with Crippen LogP contribution in [0, 0.1) is 0 Å². The lowest BCUT2D eigenvalue weighted by atomic mass is 10.1. The minimum absolute atomic E-state index is 0.0953. The molecule has 0 unspecified atom stereocenters. The third-order valence-electron chi connectivity index (χ3n) is 2.07. The zero-order chi connectivity index (χ0) is 11.5. The molecule has 4 nitrogen and oxygen atoms in total. The lowest BCUT2D eigenvalue weighted by Crippen LogP contribution is -1.97. The summed E-state index contributed by atoms with van der Waals surface area (Å²) in [7, 11) is 0. The van der Waals surface area contributed by atoms with Crippen molar-refractivity contribution >= 4 is 17.6 Å². The van der Waals surface area contributed by atoms with Gasteiger partial charge in [0.05, 0.1) is 6.42 Å². The Hall–Kier alpha value is -1.81. The van der Waals surface area contributed by atoms with E-state index in [1.807, 2.05) is 18.2 Å². The van der Waals surface area contributed by atoms with Gasteiger partial charge in [0.1, 0.15) is 6.26 Å². The number of nitrogens with zero attached hydrogens (tertiary/aromatic N) is 1. The molecular weight excluding hydrogens is 230 g/mol. The average Bonchev–Trinajstić information content (AvgIpc) is 2.70. The quantitative estimate of drug-likeness (QED) is 0.891. The van der Waals surface area contributed by atoms with Crippen molar-refractivity contribution in [1.82, 2.24) is 4.98 Å². The summed E-state index contributed by atoms with van der Waals surface area (Å²) in [6.07, 6.45) is 1.50. The van der Waals surface area contributed by atoms with Gasteiger partial charge in [0.2, 0.25) is 0 Å². The van der Waals surface area contributed by atoms with Crippen LogP contribution in [0.4, 0.5) is 0 Å². The van der Waals surface area contributed by atoms with E-state index >= 15 is 0 Å². The van der Waals surface area contributed by atoms with E-state index in [-0.39, 0.29) is 5.69 Å². The number of carboxylic acids is 1. The summed E-state index contributed by atoms with van der Waals surface area (Å²) in [5, 5.41) is 9.28. The third-order valence-corrected chi connectivity index (χ3v) is 2.44. The van der Waals surface area contributed by atoms with Gasteiger partial charge in [0.25, 0.3) is 0 Å². The van der Waals surface area contributed by atoms with Gasteiger partial charge in [-0.2, -0.15) is 0 Å². The average molecular weight is 238 g/mol. The largest absolute Gasteiger partial charge is 0.476 e. The molecular formula is C11H8ClNO3. The Morgan fingerprint density at radius 3 is 2.81 bits per heavy atom. The fourth-order valence-electron chi connectivity index (χ4n) is 1.29. The number of hydrogen-bond acceptors (Lipinski definition) is 3. The first-order valence-corrected chi connectivity index (χ1v) is 4.95. The van der Waals surface area contributed by atoms with Crippen LogP contribution in [0.15, 0.2) is 34.9 Å². The number of benzene rings is 1. The summed E-state index contributed by atoms with van der Waals surface area (Å²) in [5.41, 5.74) is 0.755. The van der Waals surface area contributed by atoms with Crippen LogP contribution in [0.25, 0.3) is 0 Å². The summed E-state index contributed by atoms with van der Waals surface area (Å²) >= 11 is 5.96. The highest BCUT2D eigenvalue weighted by molar-refractivity contribution is 6.31. The summed E-state index contributed by atoms with van der Waals surface area (Å²) in [6.45, 7) is 0. The second kappa shape index (κ2) is 4.37. The van der Waals surface area contributed by atoms with E-state index in [0.717, 1.165) is 11.8 Å². The van der Waals surface area contributed by atoms with Crippen molar-refractivity contribution in [3.8, 4) is 0 Å². The highest BCUT2D eigenvalue weighted by Crippen LogP contribution is 2.18. The maximum Gasteiger partial charge on any atom is 0.357 e. The SMILES string of the molecule is O=C(O)c1coc(Cc2ccccc2Cl)n1. The van der Waals surface area contributed by atoms with Gasteiger partial charge in [-0.3, -0.25) is 0 Å². The zero-order valence-electron chi connectivity index (χ0n) is 8.18. The van der Waals surface area contributed by atoms with Crippen LogP contribution in [-0.2, 0) is 6.42 Å². The number of hydrogen-bond donors (Lipinski definition) is 1. The fourth-order valence-corrected chi connectivity index (χ4v) is 1.50. The Kier molecular flexibility index (Phi) is 2.92.